The van der Waals surface area contributed by atoms with Crippen molar-refractivity contribution in [1.82, 2.24) is 0 Å². The second kappa shape index (κ2) is 5.24. The van der Waals surface area contributed by atoms with Gasteiger partial charge in [0.25, 0.3) is 0 Å². The topological polar surface area (TPSA) is 23.8 Å². The van der Waals surface area contributed by atoms with Gasteiger partial charge in [-0.25, -0.2) is 8.78 Å². The molecule has 2 aromatic carbocycles. The molecule has 0 fully saturated rings. The summed E-state index contributed by atoms with van der Waals surface area (Å²) in [7, 11) is 0. The summed E-state index contributed by atoms with van der Waals surface area (Å²) < 4.78 is 26.6. The molecule has 0 aliphatic heterocycles. The van der Waals surface area contributed by atoms with Gasteiger partial charge in [0.05, 0.1) is 11.6 Å². The van der Waals surface area contributed by atoms with Crippen molar-refractivity contribution in [3.63, 3.8) is 0 Å². The van der Waals surface area contributed by atoms with E-state index in [0.717, 1.165) is 0 Å². The summed E-state index contributed by atoms with van der Waals surface area (Å²) in [6, 6.07) is 13.7. The first-order valence-corrected chi connectivity index (χ1v) is 5.33. The number of nitrogens with zero attached hydrogens (tertiary/aromatic N) is 1. The van der Waals surface area contributed by atoms with E-state index in [-0.39, 0.29) is 11.1 Å². The summed E-state index contributed by atoms with van der Waals surface area (Å²) in [5, 5.41) is 9.06. The number of hydrogen-bond donors (Lipinski definition) is 0. The van der Waals surface area contributed by atoms with Gasteiger partial charge in [0.2, 0.25) is 0 Å². The Balaban J connectivity index is 2.48. The van der Waals surface area contributed by atoms with Crippen LogP contribution in [-0.4, -0.2) is 0 Å². The van der Waals surface area contributed by atoms with Crippen LogP contribution in [-0.2, 0) is 0 Å². The molecule has 1 nitrogen and oxygen atoms in total. The molecule has 2 aromatic rings. The van der Waals surface area contributed by atoms with Crippen molar-refractivity contribution in [1.29, 1.82) is 5.26 Å². The molecule has 0 spiro atoms. The third-order valence-corrected chi connectivity index (χ3v) is 2.44. The Hall–Kier alpha value is -2.47. The minimum absolute atomic E-state index is 0.165. The van der Waals surface area contributed by atoms with E-state index in [0.29, 0.717) is 5.56 Å². The molecule has 0 saturated carbocycles. The average molecular weight is 241 g/mol. The second-order valence-corrected chi connectivity index (χ2v) is 3.70. The molecule has 0 unspecified atom stereocenters. The summed E-state index contributed by atoms with van der Waals surface area (Å²) >= 11 is 0. The van der Waals surface area contributed by atoms with Crippen LogP contribution in [0.2, 0.25) is 0 Å². The number of rotatable bonds is 2. The summed E-state index contributed by atoms with van der Waals surface area (Å²) in [4.78, 5) is 0. The molecule has 88 valence electrons. The zero-order valence-corrected chi connectivity index (χ0v) is 9.40. The maximum atomic E-state index is 13.5. The molecular formula is C15H9F2N. The van der Waals surface area contributed by atoms with Gasteiger partial charge in [-0.3, -0.25) is 0 Å². The molecule has 3 heteroatoms. The van der Waals surface area contributed by atoms with Crippen molar-refractivity contribution in [2.75, 3.05) is 0 Å². The summed E-state index contributed by atoms with van der Waals surface area (Å²) in [6.45, 7) is 0. The Bertz CT molecular complexity index is 639. The average Bonchev–Trinajstić information content (AvgIpc) is 2.37. The van der Waals surface area contributed by atoms with Gasteiger partial charge in [-0.1, -0.05) is 30.3 Å². The van der Waals surface area contributed by atoms with E-state index in [2.05, 4.69) is 0 Å². The standard InChI is InChI=1S/C15H9F2N/c16-13-5-3-4-11(9-13)8-12(10-18)14-6-1-2-7-15(14)17/h1-9H. The molecule has 0 aliphatic carbocycles. The number of allylic oxidation sites excluding steroid dienone is 1. The summed E-state index contributed by atoms with van der Waals surface area (Å²) in [6.07, 6.45) is 1.46. The largest absolute Gasteiger partial charge is 0.207 e. The first-order chi connectivity index (χ1) is 8.70. The zero-order chi connectivity index (χ0) is 13.0. The van der Waals surface area contributed by atoms with Crippen LogP contribution in [0, 0.1) is 23.0 Å². The Kier molecular flexibility index (Phi) is 3.49. The highest BCUT2D eigenvalue weighted by atomic mass is 19.1. The van der Waals surface area contributed by atoms with E-state index in [1.807, 2.05) is 6.07 Å². The van der Waals surface area contributed by atoms with Crippen LogP contribution in [0.5, 0.6) is 0 Å². The summed E-state index contributed by atoms with van der Waals surface area (Å²) in [5.41, 5.74) is 0.901. The lowest BCUT2D eigenvalue weighted by Gasteiger charge is -2.01. The van der Waals surface area contributed by atoms with Crippen LogP contribution in [0.15, 0.2) is 48.5 Å². The Morgan fingerprint density at radius 1 is 1.06 bits per heavy atom. The van der Waals surface area contributed by atoms with Gasteiger partial charge in [-0.05, 0) is 29.8 Å². The van der Waals surface area contributed by atoms with Crippen molar-refractivity contribution in [3.8, 4) is 6.07 Å². The van der Waals surface area contributed by atoms with Gasteiger partial charge in [-0.2, -0.15) is 5.26 Å². The van der Waals surface area contributed by atoms with Gasteiger partial charge in [-0.15, -0.1) is 0 Å². The van der Waals surface area contributed by atoms with E-state index in [1.165, 1.54) is 36.4 Å². The van der Waals surface area contributed by atoms with Crippen LogP contribution < -0.4 is 0 Å². The van der Waals surface area contributed by atoms with Crippen molar-refractivity contribution in [2.24, 2.45) is 0 Å². The van der Waals surface area contributed by atoms with E-state index >= 15 is 0 Å². The Morgan fingerprint density at radius 2 is 1.83 bits per heavy atom. The molecule has 0 aromatic heterocycles. The lowest BCUT2D eigenvalue weighted by molar-refractivity contribution is 0.624. The number of nitriles is 1. The molecule has 0 radical (unpaired) electrons. The van der Waals surface area contributed by atoms with Crippen molar-refractivity contribution in [3.05, 3.63) is 71.3 Å². The molecule has 18 heavy (non-hydrogen) atoms. The molecule has 0 atom stereocenters. The van der Waals surface area contributed by atoms with Gasteiger partial charge in [0.15, 0.2) is 0 Å². The predicted octanol–water partition coefficient (Wildman–Crippen LogP) is 4.03. The maximum Gasteiger partial charge on any atom is 0.131 e. The van der Waals surface area contributed by atoms with Crippen LogP contribution in [0.3, 0.4) is 0 Å². The summed E-state index contributed by atoms with van der Waals surface area (Å²) in [5.74, 6) is -0.865. The van der Waals surface area contributed by atoms with Gasteiger partial charge < -0.3 is 0 Å². The van der Waals surface area contributed by atoms with Crippen LogP contribution in [0.4, 0.5) is 8.78 Å². The van der Waals surface area contributed by atoms with Crippen molar-refractivity contribution < 1.29 is 8.78 Å². The molecule has 0 heterocycles. The number of hydrogen-bond acceptors (Lipinski definition) is 1. The lowest BCUT2D eigenvalue weighted by atomic mass is 10.0. The molecule has 0 amide bonds. The quantitative estimate of drug-likeness (QED) is 0.575. The molecule has 0 aliphatic rings. The lowest BCUT2D eigenvalue weighted by Crippen LogP contribution is -1.87. The fourth-order valence-electron chi connectivity index (χ4n) is 1.61. The first kappa shape index (κ1) is 12.0. The molecule has 2 rings (SSSR count). The first-order valence-electron chi connectivity index (χ1n) is 5.33. The van der Waals surface area contributed by atoms with Crippen LogP contribution in [0.25, 0.3) is 11.6 Å². The Labute approximate surface area is 104 Å². The SMILES string of the molecule is N#CC(=Cc1cccc(F)c1)c1ccccc1F. The highest BCUT2D eigenvalue weighted by Crippen LogP contribution is 2.20. The number of halogens is 2. The molecular weight excluding hydrogens is 232 g/mol. The minimum atomic E-state index is -0.471. The molecule has 0 N–H and O–H groups in total. The van der Waals surface area contributed by atoms with Crippen molar-refractivity contribution in [2.45, 2.75) is 0 Å². The normalized spacial score (nSPS) is 11.1. The predicted molar refractivity (Wildman–Crippen MR) is 66.3 cm³/mol. The van der Waals surface area contributed by atoms with Gasteiger partial charge in [0.1, 0.15) is 11.6 Å². The number of benzene rings is 2. The fourth-order valence-corrected chi connectivity index (χ4v) is 1.61. The third-order valence-electron chi connectivity index (χ3n) is 2.44. The third kappa shape index (κ3) is 2.61. The highest BCUT2D eigenvalue weighted by Gasteiger charge is 2.06. The molecule has 0 saturated heterocycles. The smallest absolute Gasteiger partial charge is 0.131 e. The monoisotopic (exact) mass is 241 g/mol. The Morgan fingerprint density at radius 3 is 2.50 bits per heavy atom. The van der Waals surface area contributed by atoms with E-state index in [9.17, 15) is 8.78 Å². The van der Waals surface area contributed by atoms with Gasteiger partial charge >= 0.3 is 0 Å². The maximum absolute atomic E-state index is 13.5. The van der Waals surface area contributed by atoms with Gasteiger partial charge in [0, 0.05) is 5.56 Å². The fraction of sp³-hybridized carbons (Fsp3) is 0. The highest BCUT2D eigenvalue weighted by molar-refractivity contribution is 5.89. The van der Waals surface area contributed by atoms with Crippen LogP contribution >= 0.6 is 0 Å². The van der Waals surface area contributed by atoms with Crippen molar-refractivity contribution >= 4 is 11.6 Å². The molecule has 0 bridgehead atoms. The van der Waals surface area contributed by atoms with E-state index in [4.69, 9.17) is 5.26 Å². The van der Waals surface area contributed by atoms with E-state index < -0.39 is 11.6 Å². The zero-order valence-electron chi connectivity index (χ0n) is 9.40. The minimum Gasteiger partial charge on any atom is -0.207 e. The van der Waals surface area contributed by atoms with E-state index in [1.54, 1.807) is 18.2 Å². The van der Waals surface area contributed by atoms with Crippen LogP contribution in [0.1, 0.15) is 11.1 Å². The second-order valence-electron chi connectivity index (χ2n) is 3.70.